The number of ketones is 1. The zero-order chi connectivity index (χ0) is 12.3. The van der Waals surface area contributed by atoms with Gasteiger partial charge in [-0.15, -0.1) is 0 Å². The Morgan fingerprint density at radius 1 is 1.47 bits per heavy atom. The van der Waals surface area contributed by atoms with Gasteiger partial charge in [0.1, 0.15) is 5.78 Å². The summed E-state index contributed by atoms with van der Waals surface area (Å²) in [6, 6.07) is 0.642. The standard InChI is InChI=1S/C13H24N2O2/c1-14(2)12-4-3-6-15(9-12)8-11-10-17-7-5-13(11)16/h11-12H,3-10H2,1-2H3. The summed E-state index contributed by atoms with van der Waals surface area (Å²) in [5, 5.41) is 0. The van der Waals surface area contributed by atoms with Crippen molar-refractivity contribution in [1.29, 1.82) is 0 Å². The number of carbonyl (C=O) groups excluding carboxylic acids is 1. The lowest BCUT2D eigenvalue weighted by Gasteiger charge is -2.38. The fourth-order valence-electron chi connectivity index (χ4n) is 2.78. The Kier molecular flexibility index (Phi) is 4.54. The molecule has 0 aromatic heterocycles. The molecule has 98 valence electrons. The molecular formula is C13H24N2O2. The molecule has 2 unspecified atom stereocenters. The summed E-state index contributed by atoms with van der Waals surface area (Å²) in [6.07, 6.45) is 3.12. The number of likely N-dealkylation sites (tertiary alicyclic amines) is 1. The average Bonchev–Trinajstić information content (AvgIpc) is 2.32. The SMILES string of the molecule is CN(C)C1CCCN(CC2COCCC2=O)C1. The van der Waals surface area contributed by atoms with Crippen molar-refractivity contribution in [3.63, 3.8) is 0 Å². The van der Waals surface area contributed by atoms with Crippen LogP contribution in [0.5, 0.6) is 0 Å². The molecule has 0 N–H and O–H groups in total. The summed E-state index contributed by atoms with van der Waals surface area (Å²) in [5.74, 6) is 0.507. The molecule has 2 rings (SSSR count). The number of piperidine rings is 1. The monoisotopic (exact) mass is 240 g/mol. The van der Waals surface area contributed by atoms with E-state index in [1.165, 1.54) is 12.8 Å². The number of hydrogen-bond acceptors (Lipinski definition) is 4. The van der Waals surface area contributed by atoms with E-state index >= 15 is 0 Å². The normalized spacial score (nSPS) is 32.1. The third-order valence-electron chi connectivity index (χ3n) is 3.96. The van der Waals surface area contributed by atoms with Gasteiger partial charge in [-0.25, -0.2) is 0 Å². The molecule has 2 aliphatic heterocycles. The van der Waals surface area contributed by atoms with E-state index in [1.807, 2.05) is 0 Å². The van der Waals surface area contributed by atoms with Crippen molar-refractivity contribution < 1.29 is 9.53 Å². The molecule has 0 amide bonds. The van der Waals surface area contributed by atoms with Crippen molar-refractivity contribution in [1.82, 2.24) is 9.80 Å². The fourth-order valence-corrected chi connectivity index (χ4v) is 2.78. The number of likely N-dealkylation sites (N-methyl/N-ethyl adjacent to an activating group) is 1. The molecule has 0 bridgehead atoms. The Morgan fingerprint density at radius 3 is 3.00 bits per heavy atom. The van der Waals surface area contributed by atoms with E-state index in [9.17, 15) is 4.79 Å². The lowest BCUT2D eigenvalue weighted by Crippen LogP contribution is -2.48. The van der Waals surface area contributed by atoms with Crippen molar-refractivity contribution in [3.8, 4) is 0 Å². The Balaban J connectivity index is 1.83. The first-order valence-corrected chi connectivity index (χ1v) is 6.66. The number of carbonyl (C=O) groups is 1. The van der Waals surface area contributed by atoms with Crippen LogP contribution in [0.1, 0.15) is 19.3 Å². The van der Waals surface area contributed by atoms with E-state index in [-0.39, 0.29) is 5.92 Å². The molecule has 0 spiro atoms. The van der Waals surface area contributed by atoms with Gasteiger partial charge in [0.15, 0.2) is 0 Å². The molecule has 17 heavy (non-hydrogen) atoms. The fraction of sp³-hybridized carbons (Fsp3) is 0.923. The van der Waals surface area contributed by atoms with Gasteiger partial charge in [-0.05, 0) is 33.5 Å². The molecule has 2 atom stereocenters. The zero-order valence-electron chi connectivity index (χ0n) is 11.0. The highest BCUT2D eigenvalue weighted by molar-refractivity contribution is 5.82. The highest BCUT2D eigenvalue weighted by Gasteiger charge is 2.28. The summed E-state index contributed by atoms with van der Waals surface area (Å²) >= 11 is 0. The maximum absolute atomic E-state index is 11.8. The van der Waals surface area contributed by atoms with Crippen molar-refractivity contribution in [3.05, 3.63) is 0 Å². The second kappa shape index (κ2) is 5.94. The quantitative estimate of drug-likeness (QED) is 0.724. The highest BCUT2D eigenvalue weighted by atomic mass is 16.5. The smallest absolute Gasteiger partial charge is 0.141 e. The van der Waals surface area contributed by atoms with E-state index in [2.05, 4.69) is 23.9 Å². The lowest BCUT2D eigenvalue weighted by atomic mass is 9.97. The Hall–Kier alpha value is -0.450. The Labute approximate surface area is 104 Å². The van der Waals surface area contributed by atoms with Gasteiger partial charge in [-0.3, -0.25) is 4.79 Å². The molecule has 4 nitrogen and oxygen atoms in total. The van der Waals surface area contributed by atoms with Crippen LogP contribution >= 0.6 is 0 Å². The van der Waals surface area contributed by atoms with Gasteiger partial charge in [0.2, 0.25) is 0 Å². The molecule has 0 saturated carbocycles. The minimum Gasteiger partial charge on any atom is -0.380 e. The predicted octanol–water partition coefficient (Wildman–Crippen LogP) is 0.618. The van der Waals surface area contributed by atoms with Crippen LogP contribution in [0.4, 0.5) is 0 Å². The van der Waals surface area contributed by atoms with Gasteiger partial charge in [0, 0.05) is 25.6 Å². The van der Waals surface area contributed by atoms with Crippen LogP contribution in [0.15, 0.2) is 0 Å². The molecule has 2 fully saturated rings. The average molecular weight is 240 g/mol. The van der Waals surface area contributed by atoms with E-state index in [4.69, 9.17) is 4.74 Å². The van der Waals surface area contributed by atoms with Crippen LogP contribution in [0.25, 0.3) is 0 Å². The van der Waals surface area contributed by atoms with Crippen LogP contribution in [-0.4, -0.2) is 68.6 Å². The van der Waals surface area contributed by atoms with E-state index in [0.717, 1.165) is 19.6 Å². The van der Waals surface area contributed by atoms with Gasteiger partial charge in [-0.1, -0.05) is 0 Å². The summed E-state index contributed by atoms with van der Waals surface area (Å²) in [5.41, 5.74) is 0. The third-order valence-corrected chi connectivity index (χ3v) is 3.96. The van der Waals surface area contributed by atoms with E-state index in [0.29, 0.717) is 31.5 Å². The number of Topliss-reactive ketones (excluding diaryl/α,β-unsaturated/α-hetero) is 1. The van der Waals surface area contributed by atoms with Crippen molar-refractivity contribution >= 4 is 5.78 Å². The Morgan fingerprint density at radius 2 is 2.29 bits per heavy atom. The summed E-state index contributed by atoms with van der Waals surface area (Å²) < 4.78 is 5.41. The largest absolute Gasteiger partial charge is 0.380 e. The van der Waals surface area contributed by atoms with Gasteiger partial charge >= 0.3 is 0 Å². The first-order chi connectivity index (χ1) is 8.16. The summed E-state index contributed by atoms with van der Waals surface area (Å²) in [6.45, 7) is 4.37. The number of hydrogen-bond donors (Lipinski definition) is 0. The van der Waals surface area contributed by atoms with Crippen LogP contribution in [-0.2, 0) is 9.53 Å². The second-order valence-corrected chi connectivity index (χ2v) is 5.51. The van der Waals surface area contributed by atoms with Crippen LogP contribution in [0, 0.1) is 5.92 Å². The second-order valence-electron chi connectivity index (χ2n) is 5.51. The maximum Gasteiger partial charge on any atom is 0.141 e. The lowest BCUT2D eigenvalue weighted by molar-refractivity contribution is -0.131. The van der Waals surface area contributed by atoms with Gasteiger partial charge in [0.05, 0.1) is 19.1 Å². The van der Waals surface area contributed by atoms with E-state index < -0.39 is 0 Å². The summed E-state index contributed by atoms with van der Waals surface area (Å²) in [7, 11) is 4.28. The van der Waals surface area contributed by atoms with Gasteiger partial charge in [0.25, 0.3) is 0 Å². The first kappa shape index (κ1) is 13.0. The molecule has 0 radical (unpaired) electrons. The number of rotatable bonds is 3. The molecule has 0 aromatic rings. The molecule has 0 aromatic carbocycles. The molecule has 4 heteroatoms. The molecule has 2 heterocycles. The third kappa shape index (κ3) is 3.50. The molecular weight excluding hydrogens is 216 g/mol. The van der Waals surface area contributed by atoms with Gasteiger partial charge in [-0.2, -0.15) is 0 Å². The van der Waals surface area contributed by atoms with Gasteiger partial charge < -0.3 is 14.5 Å². The molecule has 0 aliphatic carbocycles. The van der Waals surface area contributed by atoms with Crippen molar-refractivity contribution in [2.24, 2.45) is 5.92 Å². The molecule has 2 aliphatic rings. The summed E-state index contributed by atoms with van der Waals surface area (Å²) in [4.78, 5) is 16.5. The van der Waals surface area contributed by atoms with Crippen LogP contribution < -0.4 is 0 Å². The highest BCUT2D eigenvalue weighted by Crippen LogP contribution is 2.17. The molecule has 2 saturated heterocycles. The topological polar surface area (TPSA) is 32.8 Å². The number of nitrogens with zero attached hydrogens (tertiary/aromatic N) is 2. The first-order valence-electron chi connectivity index (χ1n) is 6.66. The maximum atomic E-state index is 11.8. The Bertz CT molecular complexity index is 268. The minimum atomic E-state index is 0.115. The zero-order valence-corrected chi connectivity index (χ0v) is 11.0. The van der Waals surface area contributed by atoms with Crippen LogP contribution in [0.3, 0.4) is 0 Å². The number of ether oxygens (including phenoxy) is 1. The van der Waals surface area contributed by atoms with Crippen molar-refractivity contribution in [2.45, 2.75) is 25.3 Å². The van der Waals surface area contributed by atoms with Crippen molar-refractivity contribution in [2.75, 3.05) is 46.9 Å². The predicted molar refractivity (Wildman–Crippen MR) is 67.1 cm³/mol. The minimum absolute atomic E-state index is 0.115. The van der Waals surface area contributed by atoms with E-state index in [1.54, 1.807) is 0 Å². The van der Waals surface area contributed by atoms with Crippen LogP contribution in [0.2, 0.25) is 0 Å².